The van der Waals surface area contributed by atoms with Crippen molar-refractivity contribution in [3.8, 4) is 0 Å². The first-order valence-corrected chi connectivity index (χ1v) is 4.84. The number of carboxylic acid groups (broad SMARTS) is 1. The number of hydrogen-bond donors (Lipinski definition) is 4. The maximum absolute atomic E-state index is 11.5. The van der Waals surface area contributed by atoms with Crippen LogP contribution in [-0.2, 0) is 9.59 Å². The summed E-state index contributed by atoms with van der Waals surface area (Å²) in [6.07, 6.45) is 0. The number of aliphatic carboxylic acids is 1. The number of hydrogen-bond acceptors (Lipinski definition) is 3. The Labute approximate surface area is 93.4 Å². The van der Waals surface area contributed by atoms with Crippen LogP contribution < -0.4 is 16.4 Å². The average Bonchev–Trinajstić information content (AvgIpc) is 2.11. The van der Waals surface area contributed by atoms with Gasteiger partial charge in [0.1, 0.15) is 12.1 Å². The summed E-state index contributed by atoms with van der Waals surface area (Å²) in [6, 6.07) is -2.68. The van der Waals surface area contributed by atoms with Gasteiger partial charge in [0.25, 0.3) is 0 Å². The summed E-state index contributed by atoms with van der Waals surface area (Å²) in [5.74, 6) is -1.95. The predicted molar refractivity (Wildman–Crippen MR) is 56.6 cm³/mol. The summed E-state index contributed by atoms with van der Waals surface area (Å²) in [6.45, 7) is 4.76. The Bertz CT molecular complexity index is 290. The van der Waals surface area contributed by atoms with Crippen LogP contribution in [0.5, 0.6) is 0 Å². The van der Waals surface area contributed by atoms with E-state index in [1.807, 2.05) is 0 Å². The molecular weight excluding hydrogens is 214 g/mol. The monoisotopic (exact) mass is 231 g/mol. The lowest BCUT2D eigenvalue weighted by atomic mass is 10.0. The molecular formula is C9H17N3O4. The Morgan fingerprint density at radius 1 is 1.12 bits per heavy atom. The molecule has 5 N–H and O–H groups in total. The smallest absolute Gasteiger partial charge is 0.326 e. The first-order chi connectivity index (χ1) is 7.25. The van der Waals surface area contributed by atoms with E-state index in [2.05, 4.69) is 10.6 Å². The van der Waals surface area contributed by atoms with Gasteiger partial charge in [-0.15, -0.1) is 0 Å². The van der Waals surface area contributed by atoms with Crippen molar-refractivity contribution < 1.29 is 19.5 Å². The van der Waals surface area contributed by atoms with Crippen LogP contribution >= 0.6 is 0 Å². The van der Waals surface area contributed by atoms with Crippen LogP contribution in [0.3, 0.4) is 0 Å². The maximum Gasteiger partial charge on any atom is 0.326 e. The minimum absolute atomic E-state index is 0.248. The number of amides is 3. The maximum atomic E-state index is 11.5. The minimum Gasteiger partial charge on any atom is -0.480 e. The van der Waals surface area contributed by atoms with E-state index in [1.165, 1.54) is 6.92 Å². The number of nitrogens with two attached hydrogens (primary N) is 1. The van der Waals surface area contributed by atoms with Crippen molar-refractivity contribution in [2.24, 2.45) is 11.7 Å². The molecule has 0 fully saturated rings. The highest BCUT2D eigenvalue weighted by molar-refractivity contribution is 5.89. The second kappa shape index (κ2) is 5.94. The summed E-state index contributed by atoms with van der Waals surface area (Å²) in [4.78, 5) is 32.7. The zero-order valence-corrected chi connectivity index (χ0v) is 9.48. The molecule has 7 nitrogen and oxygen atoms in total. The lowest BCUT2D eigenvalue weighted by Crippen LogP contribution is -2.52. The van der Waals surface area contributed by atoms with Crippen molar-refractivity contribution in [3.63, 3.8) is 0 Å². The van der Waals surface area contributed by atoms with Gasteiger partial charge in [-0.25, -0.2) is 9.59 Å². The van der Waals surface area contributed by atoms with E-state index in [0.717, 1.165) is 0 Å². The Balaban J connectivity index is 4.40. The van der Waals surface area contributed by atoms with Crippen LogP contribution in [0.1, 0.15) is 20.8 Å². The van der Waals surface area contributed by atoms with E-state index < -0.39 is 30.0 Å². The Morgan fingerprint density at radius 3 is 1.94 bits per heavy atom. The summed E-state index contributed by atoms with van der Waals surface area (Å²) < 4.78 is 0. The Kier molecular flexibility index (Phi) is 5.27. The van der Waals surface area contributed by atoms with Crippen molar-refractivity contribution in [1.82, 2.24) is 10.6 Å². The van der Waals surface area contributed by atoms with E-state index in [9.17, 15) is 14.4 Å². The zero-order valence-electron chi connectivity index (χ0n) is 9.48. The van der Waals surface area contributed by atoms with Crippen LogP contribution in [0.15, 0.2) is 0 Å². The van der Waals surface area contributed by atoms with E-state index in [-0.39, 0.29) is 5.92 Å². The third kappa shape index (κ3) is 4.63. The molecule has 0 aromatic carbocycles. The largest absolute Gasteiger partial charge is 0.480 e. The van der Waals surface area contributed by atoms with Gasteiger partial charge in [-0.1, -0.05) is 13.8 Å². The molecule has 0 rings (SSSR count). The molecule has 0 saturated carbocycles. The SMILES string of the molecule is CC(NC(N)=O)C(=O)NC(C(=O)O)C(C)C. The predicted octanol–water partition coefficient (Wildman–Crippen LogP) is -0.731. The molecule has 3 amide bonds. The standard InChI is InChI=1S/C9H17N3O4/c1-4(2)6(8(14)15)12-7(13)5(3)11-9(10)16/h4-6H,1-3H3,(H,12,13)(H,14,15)(H3,10,11,16). The summed E-state index contributed by atoms with van der Waals surface area (Å²) >= 11 is 0. The van der Waals surface area contributed by atoms with Gasteiger partial charge in [-0.05, 0) is 12.8 Å². The lowest BCUT2D eigenvalue weighted by molar-refractivity contribution is -0.143. The molecule has 0 bridgehead atoms. The quantitative estimate of drug-likeness (QED) is 0.498. The van der Waals surface area contributed by atoms with E-state index >= 15 is 0 Å². The molecule has 0 aliphatic rings. The van der Waals surface area contributed by atoms with Crippen LogP contribution in [0.4, 0.5) is 4.79 Å². The van der Waals surface area contributed by atoms with Crippen LogP contribution in [-0.4, -0.2) is 35.1 Å². The second-order valence-electron chi connectivity index (χ2n) is 3.80. The first-order valence-electron chi connectivity index (χ1n) is 4.84. The molecule has 0 aromatic heterocycles. The Hall–Kier alpha value is -1.79. The van der Waals surface area contributed by atoms with Gasteiger partial charge < -0.3 is 21.5 Å². The van der Waals surface area contributed by atoms with Gasteiger partial charge in [-0.3, -0.25) is 4.79 Å². The van der Waals surface area contributed by atoms with E-state index in [4.69, 9.17) is 10.8 Å². The summed E-state index contributed by atoms with van der Waals surface area (Å²) in [5.41, 5.74) is 4.84. The number of carbonyl (C=O) groups is 3. The number of carboxylic acids is 1. The van der Waals surface area contributed by atoms with Crippen molar-refractivity contribution in [3.05, 3.63) is 0 Å². The van der Waals surface area contributed by atoms with Crippen LogP contribution in [0, 0.1) is 5.92 Å². The molecule has 0 radical (unpaired) electrons. The fraction of sp³-hybridized carbons (Fsp3) is 0.667. The van der Waals surface area contributed by atoms with Crippen molar-refractivity contribution in [1.29, 1.82) is 0 Å². The van der Waals surface area contributed by atoms with Crippen molar-refractivity contribution in [2.45, 2.75) is 32.9 Å². The third-order valence-corrected chi connectivity index (χ3v) is 1.98. The van der Waals surface area contributed by atoms with Crippen molar-refractivity contribution >= 4 is 17.9 Å². The highest BCUT2D eigenvalue weighted by Crippen LogP contribution is 2.02. The van der Waals surface area contributed by atoms with Crippen LogP contribution in [0.2, 0.25) is 0 Å². The molecule has 0 aromatic rings. The molecule has 0 aliphatic carbocycles. The summed E-state index contributed by atoms with van der Waals surface area (Å²) in [5, 5.41) is 13.3. The van der Waals surface area contributed by atoms with E-state index in [0.29, 0.717) is 0 Å². The molecule has 0 saturated heterocycles. The molecule has 0 aliphatic heterocycles. The topological polar surface area (TPSA) is 122 Å². The molecule has 16 heavy (non-hydrogen) atoms. The normalized spacial score (nSPS) is 14.0. The minimum atomic E-state index is -1.12. The highest BCUT2D eigenvalue weighted by Gasteiger charge is 2.25. The van der Waals surface area contributed by atoms with Crippen LogP contribution in [0.25, 0.3) is 0 Å². The third-order valence-electron chi connectivity index (χ3n) is 1.98. The fourth-order valence-corrected chi connectivity index (χ4v) is 1.07. The first kappa shape index (κ1) is 14.2. The zero-order chi connectivity index (χ0) is 12.9. The van der Waals surface area contributed by atoms with Gasteiger partial charge in [0, 0.05) is 0 Å². The van der Waals surface area contributed by atoms with Gasteiger partial charge in [-0.2, -0.15) is 0 Å². The molecule has 2 unspecified atom stereocenters. The number of carbonyl (C=O) groups excluding carboxylic acids is 2. The Morgan fingerprint density at radius 2 is 1.62 bits per heavy atom. The van der Waals surface area contributed by atoms with E-state index in [1.54, 1.807) is 13.8 Å². The number of urea groups is 1. The lowest BCUT2D eigenvalue weighted by Gasteiger charge is -2.20. The van der Waals surface area contributed by atoms with Gasteiger partial charge in [0.2, 0.25) is 5.91 Å². The summed E-state index contributed by atoms with van der Waals surface area (Å²) in [7, 11) is 0. The molecule has 0 heterocycles. The highest BCUT2D eigenvalue weighted by atomic mass is 16.4. The van der Waals surface area contributed by atoms with Gasteiger partial charge in [0.15, 0.2) is 0 Å². The molecule has 0 spiro atoms. The number of rotatable bonds is 5. The molecule has 92 valence electrons. The molecule has 7 heteroatoms. The second-order valence-corrected chi connectivity index (χ2v) is 3.80. The van der Waals surface area contributed by atoms with Gasteiger partial charge >= 0.3 is 12.0 Å². The number of primary amides is 1. The fourth-order valence-electron chi connectivity index (χ4n) is 1.07. The molecule has 2 atom stereocenters. The van der Waals surface area contributed by atoms with Crippen molar-refractivity contribution in [2.75, 3.05) is 0 Å². The average molecular weight is 231 g/mol. The van der Waals surface area contributed by atoms with Gasteiger partial charge in [0.05, 0.1) is 0 Å². The number of nitrogens with one attached hydrogen (secondary N) is 2.